The molecule has 0 aromatic carbocycles. The molecule has 0 aliphatic carbocycles. The normalized spacial score (nSPS) is 13.8. The van der Waals surface area contributed by atoms with Crippen molar-refractivity contribution in [2.75, 3.05) is 0 Å². The summed E-state index contributed by atoms with van der Waals surface area (Å²) in [5.41, 5.74) is 0.517. The summed E-state index contributed by atoms with van der Waals surface area (Å²) < 4.78 is 25.2. The van der Waals surface area contributed by atoms with E-state index in [1.165, 1.54) is 11.3 Å². The van der Waals surface area contributed by atoms with Crippen LogP contribution in [0.4, 0.5) is 8.78 Å². The Morgan fingerprint density at radius 3 is 2.50 bits per heavy atom. The van der Waals surface area contributed by atoms with Crippen LogP contribution in [-0.4, -0.2) is 6.43 Å². The lowest BCUT2D eigenvalue weighted by atomic mass is 10.2. The van der Waals surface area contributed by atoms with E-state index in [0.29, 0.717) is 5.56 Å². The summed E-state index contributed by atoms with van der Waals surface area (Å²) in [6.07, 6.45) is -2.51. The highest BCUT2D eigenvalue weighted by atomic mass is 79.9. The largest absolute Gasteiger partial charge is 0.258 e. The van der Waals surface area contributed by atoms with E-state index in [4.69, 9.17) is 11.6 Å². The summed E-state index contributed by atoms with van der Waals surface area (Å²) in [6, 6.07) is 1.64. The number of alkyl halides is 3. The highest BCUT2D eigenvalue weighted by molar-refractivity contribution is 9.11. The van der Waals surface area contributed by atoms with Gasteiger partial charge in [-0.2, -0.15) is 0 Å². The van der Waals surface area contributed by atoms with Gasteiger partial charge >= 0.3 is 0 Å². The first-order valence-corrected chi connectivity index (χ1v) is 5.25. The molecule has 0 N–H and O–H groups in total. The zero-order valence-corrected chi connectivity index (χ0v) is 9.31. The number of hydrogen-bond acceptors (Lipinski definition) is 1. The Morgan fingerprint density at radius 2 is 2.17 bits per heavy atom. The van der Waals surface area contributed by atoms with Crippen LogP contribution in [0.5, 0.6) is 0 Å². The molecular weight excluding hydrogens is 269 g/mol. The maximum absolute atomic E-state index is 12.2. The molecule has 1 aromatic heterocycles. The summed E-state index contributed by atoms with van der Waals surface area (Å²) in [5.74, 6) is 0. The average molecular weight is 276 g/mol. The van der Waals surface area contributed by atoms with E-state index in [0.717, 1.165) is 8.66 Å². The molecule has 1 heterocycles. The van der Waals surface area contributed by atoms with Crippen LogP contribution in [0.3, 0.4) is 0 Å². The van der Waals surface area contributed by atoms with Crippen molar-refractivity contribution in [1.82, 2.24) is 0 Å². The van der Waals surface area contributed by atoms with Crippen LogP contribution in [-0.2, 0) is 0 Å². The van der Waals surface area contributed by atoms with Crippen molar-refractivity contribution in [1.29, 1.82) is 0 Å². The van der Waals surface area contributed by atoms with Gasteiger partial charge in [-0.1, -0.05) is 0 Å². The van der Waals surface area contributed by atoms with Crippen LogP contribution in [0, 0.1) is 6.92 Å². The minimum atomic E-state index is -2.51. The Labute approximate surface area is 86.7 Å². The third-order valence-corrected chi connectivity index (χ3v) is 3.44. The van der Waals surface area contributed by atoms with Gasteiger partial charge in [-0.25, -0.2) is 8.78 Å². The molecule has 0 bridgehead atoms. The maximum Gasteiger partial charge on any atom is 0.258 e. The van der Waals surface area contributed by atoms with Gasteiger partial charge in [-0.05, 0) is 34.5 Å². The van der Waals surface area contributed by atoms with Gasteiger partial charge in [0.1, 0.15) is 5.38 Å². The zero-order valence-electron chi connectivity index (χ0n) is 6.15. The van der Waals surface area contributed by atoms with Gasteiger partial charge in [-0.3, -0.25) is 0 Å². The molecule has 1 unspecified atom stereocenters. The second-order valence-electron chi connectivity index (χ2n) is 2.30. The van der Waals surface area contributed by atoms with Gasteiger partial charge in [0.2, 0.25) is 0 Å². The quantitative estimate of drug-likeness (QED) is 0.703. The fourth-order valence-corrected chi connectivity index (χ4v) is 2.92. The number of hydrogen-bond donors (Lipinski definition) is 0. The van der Waals surface area contributed by atoms with Crippen molar-refractivity contribution in [3.63, 3.8) is 0 Å². The summed E-state index contributed by atoms with van der Waals surface area (Å²) in [5, 5.41) is -1.19. The minimum absolute atomic E-state index is 0.517. The average Bonchev–Trinajstić information content (AvgIpc) is 2.28. The van der Waals surface area contributed by atoms with E-state index >= 15 is 0 Å². The Bertz CT molecular complexity index is 274. The number of thiophene rings is 1. The van der Waals surface area contributed by atoms with Gasteiger partial charge < -0.3 is 0 Å². The maximum atomic E-state index is 12.2. The first-order chi connectivity index (χ1) is 5.52. The molecule has 68 valence electrons. The monoisotopic (exact) mass is 274 g/mol. The van der Waals surface area contributed by atoms with E-state index in [2.05, 4.69) is 15.9 Å². The van der Waals surface area contributed by atoms with Crippen molar-refractivity contribution in [2.45, 2.75) is 18.7 Å². The van der Waals surface area contributed by atoms with E-state index in [1.54, 1.807) is 13.0 Å². The van der Waals surface area contributed by atoms with E-state index in [-0.39, 0.29) is 0 Å². The van der Waals surface area contributed by atoms with E-state index in [9.17, 15) is 8.78 Å². The molecule has 1 rings (SSSR count). The van der Waals surface area contributed by atoms with E-state index in [1.807, 2.05) is 0 Å². The molecule has 0 amide bonds. The first-order valence-electron chi connectivity index (χ1n) is 3.20. The smallest absolute Gasteiger partial charge is 0.208 e. The molecule has 0 radical (unpaired) electrons. The molecule has 0 fully saturated rings. The Kier molecular flexibility index (Phi) is 3.49. The molecule has 1 atom stereocenters. The predicted molar refractivity (Wildman–Crippen MR) is 51.4 cm³/mol. The standard InChI is InChI=1S/C7H6BrClF2S/c1-3-4(2-5(8)12-3)6(9)7(10)11/h2,6-7H,1H3. The summed E-state index contributed by atoms with van der Waals surface area (Å²) in [4.78, 5) is 0.835. The molecule has 0 aliphatic rings. The fourth-order valence-electron chi connectivity index (χ4n) is 0.868. The molecule has 1 aromatic rings. The van der Waals surface area contributed by atoms with E-state index < -0.39 is 11.8 Å². The van der Waals surface area contributed by atoms with Crippen LogP contribution in [0.1, 0.15) is 15.8 Å². The van der Waals surface area contributed by atoms with Gasteiger partial charge in [0, 0.05) is 4.88 Å². The van der Waals surface area contributed by atoms with Crippen molar-refractivity contribution in [3.8, 4) is 0 Å². The summed E-state index contributed by atoms with van der Waals surface area (Å²) >= 11 is 10.1. The van der Waals surface area contributed by atoms with Crippen LogP contribution in [0.25, 0.3) is 0 Å². The van der Waals surface area contributed by atoms with Crippen LogP contribution < -0.4 is 0 Å². The van der Waals surface area contributed by atoms with Crippen LogP contribution in [0.15, 0.2) is 9.85 Å². The lowest BCUT2D eigenvalue weighted by molar-refractivity contribution is 0.143. The van der Waals surface area contributed by atoms with Gasteiger partial charge in [0.15, 0.2) is 0 Å². The summed E-state index contributed by atoms with van der Waals surface area (Å²) in [6.45, 7) is 1.78. The Morgan fingerprint density at radius 1 is 1.58 bits per heavy atom. The SMILES string of the molecule is Cc1sc(Br)cc1C(Cl)C(F)F. The number of rotatable bonds is 2. The third-order valence-electron chi connectivity index (χ3n) is 1.44. The lowest BCUT2D eigenvalue weighted by Gasteiger charge is -2.06. The number of aryl methyl sites for hydroxylation is 1. The van der Waals surface area contributed by atoms with Gasteiger partial charge in [0.25, 0.3) is 6.43 Å². The minimum Gasteiger partial charge on any atom is -0.208 e. The predicted octanol–water partition coefficient (Wildman–Crippen LogP) is 4.36. The Hall–Kier alpha value is 0.330. The molecule has 0 nitrogen and oxygen atoms in total. The lowest BCUT2D eigenvalue weighted by Crippen LogP contribution is -2.01. The molecule has 0 saturated heterocycles. The van der Waals surface area contributed by atoms with Crippen LogP contribution in [0.2, 0.25) is 0 Å². The Balaban J connectivity index is 2.94. The molecule has 12 heavy (non-hydrogen) atoms. The highest BCUT2D eigenvalue weighted by Crippen LogP contribution is 2.36. The van der Waals surface area contributed by atoms with Crippen molar-refractivity contribution >= 4 is 38.9 Å². The topological polar surface area (TPSA) is 0 Å². The second-order valence-corrected chi connectivity index (χ2v) is 5.40. The van der Waals surface area contributed by atoms with Crippen molar-refractivity contribution in [3.05, 3.63) is 20.3 Å². The first kappa shape index (κ1) is 10.4. The molecular formula is C7H6BrClF2S. The third kappa shape index (κ3) is 2.18. The highest BCUT2D eigenvalue weighted by Gasteiger charge is 2.22. The summed E-state index contributed by atoms with van der Waals surface area (Å²) in [7, 11) is 0. The van der Waals surface area contributed by atoms with Crippen molar-refractivity contribution < 1.29 is 8.78 Å². The zero-order chi connectivity index (χ0) is 9.30. The fraction of sp³-hybridized carbons (Fsp3) is 0.429. The molecule has 0 spiro atoms. The molecule has 0 aliphatic heterocycles. The van der Waals surface area contributed by atoms with Crippen molar-refractivity contribution in [2.24, 2.45) is 0 Å². The number of halogens is 4. The second kappa shape index (κ2) is 4.03. The van der Waals surface area contributed by atoms with Gasteiger partial charge in [0.05, 0.1) is 3.79 Å². The van der Waals surface area contributed by atoms with Crippen LogP contribution >= 0.6 is 38.9 Å². The molecule has 5 heteroatoms. The van der Waals surface area contributed by atoms with Gasteiger partial charge in [-0.15, -0.1) is 22.9 Å². The molecule has 0 saturated carbocycles.